The summed E-state index contributed by atoms with van der Waals surface area (Å²) >= 11 is 3.65. The number of nitrogens with one attached hydrogen (secondary N) is 2. The van der Waals surface area contributed by atoms with Crippen LogP contribution in [0.1, 0.15) is 22.0 Å². The number of aromatic amines is 1. The van der Waals surface area contributed by atoms with Crippen molar-refractivity contribution in [2.45, 2.75) is 5.92 Å². The Bertz CT molecular complexity index is 1550. The molecule has 9 nitrogen and oxygen atoms in total. The van der Waals surface area contributed by atoms with E-state index in [-0.39, 0.29) is 17.9 Å². The number of hydrogen-bond acceptors (Lipinski definition) is 6. The number of H-pyrrole nitrogens is 1. The Morgan fingerprint density at radius 3 is 2.58 bits per heavy atom. The van der Waals surface area contributed by atoms with Crippen LogP contribution in [-0.4, -0.2) is 77.1 Å². The second-order valence-electron chi connectivity index (χ2n) is 9.88. The highest BCUT2D eigenvalue weighted by Crippen LogP contribution is 2.46. The number of aromatic nitrogens is 1. The minimum atomic E-state index is -0.375. The maximum absolute atomic E-state index is 13.8. The number of halogens is 1. The number of rotatable bonds is 4. The first-order valence-electron chi connectivity index (χ1n) is 12.6. The van der Waals surface area contributed by atoms with E-state index in [2.05, 4.69) is 31.3 Å². The Morgan fingerprint density at radius 2 is 1.84 bits per heavy atom. The van der Waals surface area contributed by atoms with Gasteiger partial charge in [0.05, 0.1) is 11.4 Å². The lowest BCUT2D eigenvalue weighted by atomic mass is 9.95. The minimum absolute atomic E-state index is 0.0794. The highest BCUT2D eigenvalue weighted by Gasteiger charge is 2.36. The molecule has 2 amide bonds. The standard InChI is InChI=1S/C28H28BrN5O4/c1-32-8-10-33(11-9-32)28(36)38-25-14-24-26(21-5-3-2-4-20(21)25)18(15-29)16-34(24)27(35)23-13-17-12-19(31-37)6-7-22(17)30-23/h2-7,12-14,18,30-31,37H,8-11,15-16H2,1H3/t18-/m1/s1. The topological polar surface area (TPSA) is 101 Å². The summed E-state index contributed by atoms with van der Waals surface area (Å²) < 4.78 is 5.98. The maximum Gasteiger partial charge on any atom is 0.415 e. The van der Waals surface area contributed by atoms with Gasteiger partial charge >= 0.3 is 6.09 Å². The average molecular weight is 578 g/mol. The van der Waals surface area contributed by atoms with E-state index in [1.54, 1.807) is 28.0 Å². The van der Waals surface area contributed by atoms with Gasteiger partial charge in [0.2, 0.25) is 0 Å². The molecule has 10 heteroatoms. The Hall–Kier alpha value is -3.60. The quantitative estimate of drug-likeness (QED) is 0.233. The number of alkyl halides is 1. The largest absolute Gasteiger partial charge is 0.415 e. The van der Waals surface area contributed by atoms with Crippen LogP contribution in [0, 0.1) is 0 Å². The zero-order chi connectivity index (χ0) is 26.4. The smallest absolute Gasteiger partial charge is 0.409 e. The molecule has 3 N–H and O–H groups in total. The van der Waals surface area contributed by atoms with E-state index in [0.29, 0.717) is 42.1 Å². The van der Waals surface area contributed by atoms with Gasteiger partial charge in [0.1, 0.15) is 11.4 Å². The highest BCUT2D eigenvalue weighted by atomic mass is 79.9. The van der Waals surface area contributed by atoms with Gasteiger partial charge in [-0.15, -0.1) is 0 Å². The summed E-state index contributed by atoms with van der Waals surface area (Å²) in [5.41, 5.74) is 5.73. The molecule has 6 rings (SSSR count). The molecule has 0 bridgehead atoms. The van der Waals surface area contributed by atoms with Gasteiger partial charge in [0.25, 0.3) is 5.91 Å². The van der Waals surface area contributed by atoms with Gasteiger partial charge in [-0.1, -0.05) is 40.2 Å². The fraction of sp³-hybridized carbons (Fsp3) is 0.286. The molecule has 3 heterocycles. The number of piperazine rings is 1. The van der Waals surface area contributed by atoms with E-state index >= 15 is 0 Å². The van der Waals surface area contributed by atoms with Crippen molar-refractivity contribution in [1.82, 2.24) is 14.8 Å². The van der Waals surface area contributed by atoms with Crippen LogP contribution in [0.4, 0.5) is 16.2 Å². The predicted molar refractivity (Wildman–Crippen MR) is 151 cm³/mol. The van der Waals surface area contributed by atoms with Gasteiger partial charge in [-0.2, -0.15) is 0 Å². The number of amides is 2. The number of hydrogen-bond donors (Lipinski definition) is 3. The Labute approximate surface area is 228 Å². The first-order chi connectivity index (χ1) is 18.5. The molecule has 1 aromatic heterocycles. The lowest BCUT2D eigenvalue weighted by molar-refractivity contribution is 0.0984. The molecule has 1 fully saturated rings. The van der Waals surface area contributed by atoms with Crippen molar-refractivity contribution in [1.29, 1.82) is 0 Å². The van der Waals surface area contributed by atoms with Crippen molar-refractivity contribution in [3.63, 3.8) is 0 Å². The van der Waals surface area contributed by atoms with Crippen molar-refractivity contribution in [2.75, 3.05) is 55.5 Å². The van der Waals surface area contributed by atoms with Crippen LogP contribution in [0.3, 0.4) is 0 Å². The summed E-state index contributed by atoms with van der Waals surface area (Å²) in [5.74, 6) is 0.360. The van der Waals surface area contributed by atoms with Crippen molar-refractivity contribution in [3.05, 3.63) is 65.9 Å². The number of ether oxygens (including phenoxy) is 1. The Morgan fingerprint density at radius 1 is 1.08 bits per heavy atom. The van der Waals surface area contributed by atoms with Gasteiger partial charge in [0.15, 0.2) is 0 Å². The normalized spacial score (nSPS) is 17.7. The van der Waals surface area contributed by atoms with E-state index in [1.807, 2.05) is 43.4 Å². The number of anilines is 2. The zero-order valence-electron chi connectivity index (χ0n) is 20.9. The molecule has 1 saturated heterocycles. The van der Waals surface area contributed by atoms with Crippen LogP contribution in [0.25, 0.3) is 21.7 Å². The number of likely N-dealkylation sites (N-methyl/N-ethyl adjacent to an activating group) is 1. The summed E-state index contributed by atoms with van der Waals surface area (Å²) in [4.78, 5) is 35.8. The molecule has 0 radical (unpaired) electrons. The van der Waals surface area contributed by atoms with Crippen LogP contribution < -0.4 is 15.1 Å². The first kappa shape index (κ1) is 24.7. The molecule has 0 aliphatic carbocycles. The highest BCUT2D eigenvalue weighted by molar-refractivity contribution is 9.09. The molecule has 2 aliphatic heterocycles. The van der Waals surface area contributed by atoms with Gasteiger partial charge in [-0.25, -0.2) is 4.79 Å². The van der Waals surface area contributed by atoms with E-state index in [0.717, 1.165) is 46.0 Å². The van der Waals surface area contributed by atoms with E-state index in [1.165, 1.54) is 0 Å². The summed E-state index contributed by atoms with van der Waals surface area (Å²) in [6.07, 6.45) is -0.375. The molecule has 3 aromatic carbocycles. The van der Waals surface area contributed by atoms with E-state index < -0.39 is 0 Å². The van der Waals surface area contributed by atoms with Crippen LogP contribution in [0.2, 0.25) is 0 Å². The molecule has 1 atom stereocenters. The number of carbonyl (C=O) groups excluding carboxylic acids is 2. The molecule has 0 saturated carbocycles. The third-order valence-electron chi connectivity index (χ3n) is 7.50. The number of nitrogens with zero attached hydrogens (tertiary/aromatic N) is 3. The molecule has 0 unspecified atom stereocenters. The lowest BCUT2D eigenvalue weighted by Gasteiger charge is -2.31. The summed E-state index contributed by atoms with van der Waals surface area (Å²) in [6.45, 7) is 3.33. The lowest BCUT2D eigenvalue weighted by Crippen LogP contribution is -2.48. The fourth-order valence-corrected chi connectivity index (χ4v) is 5.95. The average Bonchev–Trinajstić information content (AvgIpc) is 3.54. The summed E-state index contributed by atoms with van der Waals surface area (Å²) in [5, 5.41) is 12.6. The van der Waals surface area contributed by atoms with Crippen LogP contribution >= 0.6 is 15.9 Å². The van der Waals surface area contributed by atoms with Gasteiger partial charge < -0.3 is 24.4 Å². The van der Waals surface area contributed by atoms with Gasteiger partial charge in [0, 0.05) is 66.3 Å². The van der Waals surface area contributed by atoms with Crippen LogP contribution in [-0.2, 0) is 0 Å². The second kappa shape index (κ2) is 9.94. The number of benzene rings is 3. The number of carbonyl (C=O) groups is 2. The van der Waals surface area contributed by atoms with Crippen molar-refractivity contribution in [2.24, 2.45) is 0 Å². The van der Waals surface area contributed by atoms with Crippen molar-refractivity contribution in [3.8, 4) is 5.75 Å². The predicted octanol–water partition coefficient (Wildman–Crippen LogP) is 5.01. The first-order valence-corrected chi connectivity index (χ1v) is 13.7. The van der Waals surface area contributed by atoms with Gasteiger partial charge in [-0.05, 0) is 42.3 Å². The summed E-state index contributed by atoms with van der Waals surface area (Å²) in [6, 6.07) is 16.8. The monoisotopic (exact) mass is 577 g/mol. The molecule has 0 spiro atoms. The molecular formula is C28H28BrN5O4. The van der Waals surface area contributed by atoms with Crippen LogP contribution in [0.5, 0.6) is 5.75 Å². The second-order valence-corrected chi connectivity index (χ2v) is 10.5. The third kappa shape index (κ3) is 4.28. The van der Waals surface area contributed by atoms with E-state index in [9.17, 15) is 14.8 Å². The fourth-order valence-electron chi connectivity index (χ4n) is 5.43. The number of fused-ring (bicyclic) bond motifs is 4. The van der Waals surface area contributed by atoms with E-state index in [4.69, 9.17) is 4.74 Å². The minimum Gasteiger partial charge on any atom is -0.409 e. The SMILES string of the molecule is CN1CCN(C(=O)Oc2cc3c(c4ccccc24)[C@H](CBr)CN3C(=O)c2cc3cc(NO)ccc3[nH]2)CC1. The molecular weight excluding hydrogens is 550 g/mol. The molecule has 196 valence electrons. The van der Waals surface area contributed by atoms with Crippen LogP contribution in [0.15, 0.2) is 54.6 Å². The third-order valence-corrected chi connectivity index (χ3v) is 8.28. The molecule has 4 aromatic rings. The Kier molecular flexibility index (Phi) is 6.46. The van der Waals surface area contributed by atoms with Crippen molar-refractivity contribution >= 4 is 61.0 Å². The van der Waals surface area contributed by atoms with Crippen molar-refractivity contribution < 1.29 is 19.5 Å². The maximum atomic E-state index is 13.8. The van der Waals surface area contributed by atoms with Gasteiger partial charge in [-0.3, -0.25) is 15.5 Å². The summed E-state index contributed by atoms with van der Waals surface area (Å²) in [7, 11) is 2.04. The zero-order valence-corrected chi connectivity index (χ0v) is 22.5. The molecule has 38 heavy (non-hydrogen) atoms. The Balaban J connectivity index is 1.39. The molecule has 2 aliphatic rings.